The van der Waals surface area contributed by atoms with Crippen LogP contribution in [-0.2, 0) is 14.3 Å². The number of unbranched alkanes of at least 4 members (excludes halogenated alkanes) is 9. The zero-order valence-corrected chi connectivity index (χ0v) is 14.4. The first-order valence-electron chi connectivity index (χ1n) is 8.84. The number of rotatable bonds is 14. The van der Waals surface area contributed by atoms with Gasteiger partial charge in [0.2, 0.25) is 0 Å². The number of hydrogen-bond acceptors (Lipinski definition) is 4. The highest BCUT2D eigenvalue weighted by molar-refractivity contribution is 6.35. The van der Waals surface area contributed by atoms with Crippen molar-refractivity contribution < 1.29 is 19.1 Å². The minimum absolute atomic E-state index is 0.292. The van der Waals surface area contributed by atoms with Crippen LogP contribution in [0.4, 0.5) is 4.79 Å². The molecule has 24 heavy (non-hydrogen) atoms. The van der Waals surface area contributed by atoms with Gasteiger partial charge < -0.3 is 4.74 Å². The van der Waals surface area contributed by atoms with Gasteiger partial charge in [-0.2, -0.15) is 4.99 Å². The molecule has 0 atom stereocenters. The lowest BCUT2D eigenvalue weighted by molar-refractivity contribution is -0.137. The number of carbonyl (C=O) groups excluding carboxylic acids is 3. The van der Waals surface area contributed by atoms with Gasteiger partial charge in [-0.15, -0.1) is 0 Å². The zero-order chi connectivity index (χ0) is 17.6. The van der Waals surface area contributed by atoms with Crippen LogP contribution in [0.3, 0.4) is 0 Å². The molecule has 0 saturated heterocycles. The smallest absolute Gasteiger partial charge is 0.350 e. The van der Waals surface area contributed by atoms with Crippen LogP contribution >= 0.6 is 0 Å². The second-order valence-corrected chi connectivity index (χ2v) is 5.94. The second-order valence-electron chi connectivity index (χ2n) is 5.94. The van der Waals surface area contributed by atoms with E-state index in [9.17, 15) is 14.4 Å². The molecule has 0 aromatic carbocycles. The van der Waals surface area contributed by atoms with E-state index in [1.54, 1.807) is 0 Å². The summed E-state index contributed by atoms with van der Waals surface area (Å²) in [6, 6.07) is -0.431. The molecule has 0 bridgehead atoms. The van der Waals surface area contributed by atoms with E-state index in [1.165, 1.54) is 43.1 Å². The number of esters is 1. The average Bonchev–Trinajstić information content (AvgIpc) is 2.90. The monoisotopic (exact) mass is 336 g/mol. The summed E-state index contributed by atoms with van der Waals surface area (Å²) in [5, 5.41) is 0. The van der Waals surface area contributed by atoms with Gasteiger partial charge in [0.25, 0.3) is 5.91 Å². The first kappa shape index (κ1) is 20.1. The van der Waals surface area contributed by atoms with Crippen molar-refractivity contribution in [2.75, 3.05) is 13.2 Å². The standard InChI is InChI=1S/C18H28N2O4/c1-2-17(22)24-14-12-10-8-6-4-3-5-7-9-11-13-20-16(21)15-19-18(20)23/h2,15H,1,3-14H2. The Labute approximate surface area is 144 Å². The quantitative estimate of drug-likeness (QED) is 0.276. The number of ether oxygens (including phenoxy) is 1. The van der Waals surface area contributed by atoms with Crippen LogP contribution in [0.2, 0.25) is 0 Å². The predicted molar refractivity (Wildman–Crippen MR) is 92.9 cm³/mol. The maximum Gasteiger partial charge on any atom is 0.350 e. The zero-order valence-electron chi connectivity index (χ0n) is 14.4. The van der Waals surface area contributed by atoms with E-state index in [0.717, 1.165) is 38.3 Å². The number of hydrogen-bond donors (Lipinski definition) is 0. The van der Waals surface area contributed by atoms with E-state index in [2.05, 4.69) is 11.6 Å². The summed E-state index contributed by atoms with van der Waals surface area (Å²) in [5.74, 6) is -0.639. The maximum absolute atomic E-state index is 11.3. The van der Waals surface area contributed by atoms with Crippen molar-refractivity contribution in [1.82, 2.24) is 4.90 Å². The Morgan fingerprint density at radius 1 is 1.00 bits per heavy atom. The first-order valence-corrected chi connectivity index (χ1v) is 8.84. The Morgan fingerprint density at radius 3 is 2.04 bits per heavy atom. The molecule has 0 fully saturated rings. The minimum atomic E-state index is -0.431. The highest BCUT2D eigenvalue weighted by Gasteiger charge is 2.23. The molecule has 134 valence electrons. The molecule has 6 nitrogen and oxygen atoms in total. The van der Waals surface area contributed by atoms with Crippen molar-refractivity contribution in [3.8, 4) is 0 Å². The third-order valence-corrected chi connectivity index (χ3v) is 3.97. The Balaban J connectivity index is 1.79. The van der Waals surface area contributed by atoms with E-state index in [4.69, 9.17) is 4.74 Å². The summed E-state index contributed by atoms with van der Waals surface area (Å²) in [6.07, 6.45) is 13.3. The summed E-state index contributed by atoms with van der Waals surface area (Å²) in [7, 11) is 0. The van der Waals surface area contributed by atoms with Crippen molar-refractivity contribution in [2.24, 2.45) is 4.99 Å². The molecule has 0 aromatic heterocycles. The van der Waals surface area contributed by atoms with Crippen LogP contribution in [0.15, 0.2) is 17.6 Å². The van der Waals surface area contributed by atoms with Gasteiger partial charge in [-0.25, -0.2) is 9.59 Å². The molecular formula is C18H28N2O4. The fraction of sp³-hybridized carbons (Fsp3) is 0.667. The molecule has 0 saturated carbocycles. The predicted octanol–water partition coefficient (Wildman–Crippen LogP) is 3.65. The molecule has 0 N–H and O–H groups in total. The summed E-state index contributed by atoms with van der Waals surface area (Å²) in [4.78, 5) is 38.0. The molecule has 1 aliphatic rings. The maximum atomic E-state index is 11.3. The van der Waals surface area contributed by atoms with Crippen molar-refractivity contribution in [3.05, 3.63) is 12.7 Å². The average molecular weight is 336 g/mol. The van der Waals surface area contributed by atoms with Gasteiger partial charge in [-0.1, -0.05) is 57.9 Å². The molecular weight excluding hydrogens is 308 g/mol. The van der Waals surface area contributed by atoms with E-state index in [-0.39, 0.29) is 11.9 Å². The number of aliphatic imine (C=N–C) groups is 1. The van der Waals surface area contributed by atoms with Crippen LogP contribution in [0, 0.1) is 0 Å². The van der Waals surface area contributed by atoms with Gasteiger partial charge in [-0.05, 0) is 12.8 Å². The van der Waals surface area contributed by atoms with Crippen LogP contribution in [0.1, 0.15) is 64.2 Å². The molecule has 6 heteroatoms. The molecule has 0 unspecified atom stereocenters. The van der Waals surface area contributed by atoms with Gasteiger partial charge in [0.1, 0.15) is 0 Å². The second kappa shape index (κ2) is 12.4. The third-order valence-electron chi connectivity index (χ3n) is 3.97. The van der Waals surface area contributed by atoms with Crippen molar-refractivity contribution in [3.63, 3.8) is 0 Å². The number of imide groups is 1. The van der Waals surface area contributed by atoms with Gasteiger partial charge in [0, 0.05) is 12.6 Å². The molecule has 1 rings (SSSR count). The lowest BCUT2D eigenvalue weighted by Crippen LogP contribution is -2.30. The van der Waals surface area contributed by atoms with Crippen LogP contribution in [0.25, 0.3) is 0 Å². The first-order chi connectivity index (χ1) is 11.6. The van der Waals surface area contributed by atoms with Crippen molar-refractivity contribution in [2.45, 2.75) is 64.2 Å². The number of carbonyl (C=O) groups is 3. The minimum Gasteiger partial charge on any atom is -0.463 e. The Kier molecular flexibility index (Phi) is 10.4. The number of amides is 3. The summed E-state index contributed by atoms with van der Waals surface area (Å²) >= 11 is 0. The summed E-state index contributed by atoms with van der Waals surface area (Å²) in [5.41, 5.74) is 0. The third kappa shape index (κ3) is 8.60. The SMILES string of the molecule is C=CC(=O)OCCCCCCCCCCCCN1C(=O)C=NC1=O. The highest BCUT2D eigenvalue weighted by Crippen LogP contribution is 2.12. The van der Waals surface area contributed by atoms with Gasteiger partial charge >= 0.3 is 12.0 Å². The number of urea groups is 1. The number of nitrogens with zero attached hydrogens (tertiary/aromatic N) is 2. The van der Waals surface area contributed by atoms with Crippen molar-refractivity contribution >= 4 is 24.1 Å². The molecule has 0 aromatic rings. The van der Waals surface area contributed by atoms with Crippen molar-refractivity contribution in [1.29, 1.82) is 0 Å². The van der Waals surface area contributed by atoms with E-state index in [0.29, 0.717) is 13.2 Å². The molecule has 0 radical (unpaired) electrons. The Bertz CT molecular complexity index is 442. The van der Waals surface area contributed by atoms with Crippen LogP contribution in [0.5, 0.6) is 0 Å². The largest absolute Gasteiger partial charge is 0.463 e. The summed E-state index contributed by atoms with van der Waals surface area (Å²) < 4.78 is 4.91. The van der Waals surface area contributed by atoms with Crippen LogP contribution < -0.4 is 0 Å². The lowest BCUT2D eigenvalue weighted by Gasteiger charge is -2.11. The molecule has 0 aliphatic carbocycles. The van der Waals surface area contributed by atoms with Crippen LogP contribution in [-0.4, -0.2) is 42.2 Å². The molecule has 3 amide bonds. The van der Waals surface area contributed by atoms with E-state index < -0.39 is 6.03 Å². The Hall–Kier alpha value is -1.98. The molecule has 1 aliphatic heterocycles. The van der Waals surface area contributed by atoms with E-state index in [1.807, 2.05) is 0 Å². The summed E-state index contributed by atoms with van der Waals surface area (Å²) in [6.45, 7) is 4.31. The van der Waals surface area contributed by atoms with Gasteiger partial charge in [-0.3, -0.25) is 9.69 Å². The van der Waals surface area contributed by atoms with Gasteiger partial charge in [0.05, 0.1) is 12.8 Å². The molecule has 0 spiro atoms. The molecule has 1 heterocycles. The highest BCUT2D eigenvalue weighted by atomic mass is 16.5. The van der Waals surface area contributed by atoms with Gasteiger partial charge in [0.15, 0.2) is 0 Å². The lowest BCUT2D eigenvalue weighted by atomic mass is 10.1. The topological polar surface area (TPSA) is 76.0 Å². The normalized spacial score (nSPS) is 13.6. The Morgan fingerprint density at radius 2 is 1.54 bits per heavy atom. The van der Waals surface area contributed by atoms with E-state index >= 15 is 0 Å². The fourth-order valence-corrected chi connectivity index (χ4v) is 2.57. The fourth-order valence-electron chi connectivity index (χ4n) is 2.57.